The third-order valence-electron chi connectivity index (χ3n) is 2.04. The molecule has 1 aliphatic rings. The summed E-state index contributed by atoms with van der Waals surface area (Å²) in [5, 5.41) is 5.81. The van der Waals surface area contributed by atoms with Gasteiger partial charge in [0.25, 0.3) is 0 Å². The summed E-state index contributed by atoms with van der Waals surface area (Å²) in [7, 11) is 0. The second kappa shape index (κ2) is 2.53. The molecule has 3 nitrogen and oxygen atoms in total. The Morgan fingerprint density at radius 1 is 1.46 bits per heavy atom. The van der Waals surface area contributed by atoms with Gasteiger partial charge in [-0.1, -0.05) is 5.16 Å². The van der Waals surface area contributed by atoms with Crippen LogP contribution in [0.25, 0.3) is 10.6 Å². The number of thiophene rings is 1. The Hall–Kier alpha value is -1.42. The lowest BCUT2D eigenvalue weighted by atomic mass is 10.2. The van der Waals surface area contributed by atoms with Gasteiger partial charge in [-0.3, -0.25) is 4.99 Å². The molecule has 0 saturated heterocycles. The molecule has 0 aliphatic carbocycles. The van der Waals surface area contributed by atoms with E-state index in [1.165, 1.54) is 0 Å². The maximum absolute atomic E-state index is 5.20. The monoisotopic (exact) mass is 190 g/mol. The number of nitrogens with zero attached hydrogens (tertiary/aromatic N) is 2. The lowest BCUT2D eigenvalue weighted by molar-refractivity contribution is 0.433. The van der Waals surface area contributed by atoms with Crippen LogP contribution < -0.4 is 0 Å². The summed E-state index contributed by atoms with van der Waals surface area (Å²) in [5.41, 5.74) is 2.10. The maximum atomic E-state index is 5.20. The zero-order valence-electron chi connectivity index (χ0n) is 6.73. The van der Waals surface area contributed by atoms with E-state index in [9.17, 15) is 0 Å². The Morgan fingerprint density at radius 3 is 3.46 bits per heavy atom. The van der Waals surface area contributed by atoms with Crippen LogP contribution in [0, 0.1) is 0 Å². The first kappa shape index (κ1) is 7.03. The van der Waals surface area contributed by atoms with E-state index >= 15 is 0 Å². The van der Waals surface area contributed by atoms with Crippen LogP contribution in [-0.4, -0.2) is 11.4 Å². The van der Waals surface area contributed by atoms with Crippen molar-refractivity contribution in [1.82, 2.24) is 5.16 Å². The molecule has 4 heteroatoms. The Labute approximate surface area is 78.7 Å². The standard InChI is InChI=1S/C9H6N2OS/c1-3-10-7-2-4-13-9(7)8-6(1)5-11-12-8/h2-5H,1H2. The molecular formula is C9H6N2OS. The van der Waals surface area contributed by atoms with E-state index in [-0.39, 0.29) is 0 Å². The first-order valence-corrected chi connectivity index (χ1v) is 4.87. The average molecular weight is 190 g/mol. The molecule has 0 bridgehead atoms. The van der Waals surface area contributed by atoms with Crippen molar-refractivity contribution < 1.29 is 4.52 Å². The fourth-order valence-corrected chi connectivity index (χ4v) is 2.26. The second-order valence-electron chi connectivity index (χ2n) is 2.83. The van der Waals surface area contributed by atoms with Gasteiger partial charge in [0.15, 0.2) is 5.76 Å². The first-order chi connectivity index (χ1) is 6.45. The van der Waals surface area contributed by atoms with Crippen LogP contribution in [0.5, 0.6) is 0 Å². The molecule has 64 valence electrons. The predicted molar refractivity (Wildman–Crippen MR) is 51.7 cm³/mol. The fourth-order valence-electron chi connectivity index (χ4n) is 1.41. The van der Waals surface area contributed by atoms with Crippen molar-refractivity contribution in [3.63, 3.8) is 0 Å². The van der Waals surface area contributed by atoms with Crippen molar-refractivity contribution in [2.24, 2.45) is 4.99 Å². The fraction of sp³-hybridized carbons (Fsp3) is 0.111. The van der Waals surface area contributed by atoms with Crippen LogP contribution in [0.4, 0.5) is 5.69 Å². The van der Waals surface area contributed by atoms with Crippen LogP contribution in [0.2, 0.25) is 0 Å². The number of fused-ring (bicyclic) bond motifs is 3. The average Bonchev–Trinajstić information content (AvgIpc) is 2.72. The molecule has 13 heavy (non-hydrogen) atoms. The molecule has 3 rings (SSSR count). The molecule has 2 aromatic heterocycles. The van der Waals surface area contributed by atoms with Crippen molar-refractivity contribution >= 4 is 23.2 Å². The minimum Gasteiger partial charge on any atom is -0.355 e. The van der Waals surface area contributed by atoms with Gasteiger partial charge in [-0.05, 0) is 11.4 Å². The molecule has 0 saturated carbocycles. The normalized spacial score (nSPS) is 13.5. The van der Waals surface area contributed by atoms with E-state index in [0.717, 1.165) is 28.3 Å². The Bertz CT molecular complexity index is 469. The Kier molecular flexibility index (Phi) is 1.37. The predicted octanol–water partition coefficient (Wildman–Crippen LogP) is 2.66. The third-order valence-corrected chi connectivity index (χ3v) is 2.94. The molecule has 0 aromatic carbocycles. The van der Waals surface area contributed by atoms with Gasteiger partial charge in [0.05, 0.1) is 16.8 Å². The van der Waals surface area contributed by atoms with Crippen molar-refractivity contribution in [3.05, 3.63) is 23.2 Å². The lowest BCUT2D eigenvalue weighted by Crippen LogP contribution is -1.81. The summed E-state index contributed by atoms with van der Waals surface area (Å²) >= 11 is 1.64. The topological polar surface area (TPSA) is 38.4 Å². The highest BCUT2D eigenvalue weighted by Gasteiger charge is 2.17. The molecule has 1 aliphatic heterocycles. The zero-order chi connectivity index (χ0) is 8.67. The van der Waals surface area contributed by atoms with Crippen LogP contribution in [0.3, 0.4) is 0 Å². The second-order valence-corrected chi connectivity index (χ2v) is 3.75. The van der Waals surface area contributed by atoms with E-state index in [2.05, 4.69) is 10.1 Å². The van der Waals surface area contributed by atoms with Gasteiger partial charge in [-0.25, -0.2) is 0 Å². The summed E-state index contributed by atoms with van der Waals surface area (Å²) in [4.78, 5) is 5.42. The number of hydrogen-bond acceptors (Lipinski definition) is 4. The SMILES string of the molecule is C1=Nc2ccsc2-c2oncc2C1. The lowest BCUT2D eigenvalue weighted by Gasteiger charge is -1.91. The smallest absolute Gasteiger partial charge is 0.182 e. The Morgan fingerprint density at radius 2 is 2.46 bits per heavy atom. The van der Waals surface area contributed by atoms with E-state index in [1.54, 1.807) is 17.5 Å². The van der Waals surface area contributed by atoms with E-state index in [0.29, 0.717) is 0 Å². The van der Waals surface area contributed by atoms with Crippen LogP contribution in [0.15, 0.2) is 27.2 Å². The third kappa shape index (κ3) is 0.954. The van der Waals surface area contributed by atoms with Gasteiger partial charge in [0.2, 0.25) is 0 Å². The van der Waals surface area contributed by atoms with Gasteiger partial charge >= 0.3 is 0 Å². The summed E-state index contributed by atoms with van der Waals surface area (Å²) in [6, 6.07) is 1.99. The maximum Gasteiger partial charge on any atom is 0.182 e. The highest BCUT2D eigenvalue weighted by Crippen LogP contribution is 2.38. The molecule has 0 atom stereocenters. The number of aliphatic imine (C=N–C) groups is 1. The minimum atomic E-state index is 0.806. The molecule has 0 N–H and O–H groups in total. The number of hydrogen-bond donors (Lipinski definition) is 0. The van der Waals surface area contributed by atoms with Gasteiger partial charge in [-0.2, -0.15) is 0 Å². The zero-order valence-corrected chi connectivity index (χ0v) is 7.54. The molecule has 0 unspecified atom stereocenters. The van der Waals surface area contributed by atoms with Gasteiger partial charge in [-0.15, -0.1) is 11.3 Å². The van der Waals surface area contributed by atoms with Crippen LogP contribution >= 0.6 is 11.3 Å². The minimum absolute atomic E-state index is 0.806. The van der Waals surface area contributed by atoms with Crippen molar-refractivity contribution in [3.8, 4) is 10.6 Å². The number of aromatic nitrogens is 1. The highest BCUT2D eigenvalue weighted by molar-refractivity contribution is 7.14. The highest BCUT2D eigenvalue weighted by atomic mass is 32.1. The molecule has 3 heterocycles. The van der Waals surface area contributed by atoms with Crippen molar-refractivity contribution in [2.75, 3.05) is 0 Å². The van der Waals surface area contributed by atoms with E-state index < -0.39 is 0 Å². The molecule has 0 radical (unpaired) electrons. The quantitative estimate of drug-likeness (QED) is 0.640. The molecule has 0 amide bonds. The number of rotatable bonds is 0. The molecule has 0 fully saturated rings. The van der Waals surface area contributed by atoms with E-state index in [1.807, 2.05) is 17.7 Å². The molecule has 0 spiro atoms. The van der Waals surface area contributed by atoms with Crippen LogP contribution in [0.1, 0.15) is 5.56 Å². The molecular weight excluding hydrogens is 184 g/mol. The largest absolute Gasteiger partial charge is 0.355 e. The summed E-state index contributed by atoms with van der Waals surface area (Å²) in [6.45, 7) is 0. The van der Waals surface area contributed by atoms with Gasteiger partial charge in [0.1, 0.15) is 0 Å². The molecule has 2 aromatic rings. The first-order valence-electron chi connectivity index (χ1n) is 3.99. The van der Waals surface area contributed by atoms with Gasteiger partial charge in [0, 0.05) is 18.2 Å². The summed E-state index contributed by atoms with van der Waals surface area (Å²) < 4.78 is 5.20. The summed E-state index contributed by atoms with van der Waals surface area (Å²) in [5.74, 6) is 0.877. The Balaban J connectivity index is 2.34. The van der Waals surface area contributed by atoms with Crippen LogP contribution in [-0.2, 0) is 6.42 Å². The van der Waals surface area contributed by atoms with Gasteiger partial charge < -0.3 is 4.52 Å². The van der Waals surface area contributed by atoms with Crippen molar-refractivity contribution in [2.45, 2.75) is 6.42 Å². The van der Waals surface area contributed by atoms with E-state index in [4.69, 9.17) is 4.52 Å². The summed E-state index contributed by atoms with van der Waals surface area (Å²) in [6.07, 6.45) is 4.46. The van der Waals surface area contributed by atoms with Crippen molar-refractivity contribution in [1.29, 1.82) is 0 Å².